The molecule has 0 saturated carbocycles. The third-order valence-corrected chi connectivity index (χ3v) is 6.61. The third kappa shape index (κ3) is 3.40. The summed E-state index contributed by atoms with van der Waals surface area (Å²) in [6.07, 6.45) is 4.23. The Hall–Kier alpha value is -2.74. The molecule has 0 amide bonds. The van der Waals surface area contributed by atoms with Crippen molar-refractivity contribution in [1.82, 2.24) is 20.6 Å². The van der Waals surface area contributed by atoms with Gasteiger partial charge in [0.2, 0.25) is 0 Å². The number of ether oxygens (including phenoxy) is 1. The molecule has 8 heteroatoms. The summed E-state index contributed by atoms with van der Waals surface area (Å²) in [5, 5.41) is 15.0. The van der Waals surface area contributed by atoms with Crippen LogP contribution in [-0.4, -0.2) is 33.2 Å². The number of nitrogens with two attached hydrogens (primary N) is 1. The Kier molecular flexibility index (Phi) is 5.13. The first-order chi connectivity index (χ1) is 13.6. The summed E-state index contributed by atoms with van der Waals surface area (Å²) in [5.41, 5.74) is 9.11. The van der Waals surface area contributed by atoms with Crippen molar-refractivity contribution >= 4 is 22.3 Å². The number of carbonyl (C=O) groups excluding carboxylic acids is 1. The van der Waals surface area contributed by atoms with E-state index < -0.39 is 0 Å². The van der Waals surface area contributed by atoms with Crippen molar-refractivity contribution in [3.63, 3.8) is 0 Å². The van der Waals surface area contributed by atoms with Crippen LogP contribution >= 0.6 is 11.3 Å². The summed E-state index contributed by atoms with van der Waals surface area (Å²) in [4.78, 5) is 13.6. The predicted octanol–water partition coefficient (Wildman–Crippen LogP) is 3.08. The minimum atomic E-state index is -0.309. The second kappa shape index (κ2) is 7.71. The zero-order chi connectivity index (χ0) is 19.6. The van der Waals surface area contributed by atoms with E-state index in [4.69, 9.17) is 10.5 Å². The molecule has 1 aliphatic carbocycles. The monoisotopic (exact) mass is 397 g/mol. The van der Waals surface area contributed by atoms with Crippen LogP contribution in [0.4, 0.5) is 5.00 Å². The van der Waals surface area contributed by atoms with Gasteiger partial charge in [0.25, 0.3) is 0 Å². The molecule has 0 radical (unpaired) electrons. The van der Waals surface area contributed by atoms with Crippen molar-refractivity contribution in [1.29, 1.82) is 0 Å². The van der Waals surface area contributed by atoms with Gasteiger partial charge in [-0.15, -0.1) is 21.5 Å². The van der Waals surface area contributed by atoms with Crippen molar-refractivity contribution in [3.8, 4) is 0 Å². The predicted molar refractivity (Wildman–Crippen MR) is 107 cm³/mol. The van der Waals surface area contributed by atoms with Crippen molar-refractivity contribution in [3.05, 3.63) is 57.7 Å². The largest absolute Gasteiger partial charge is 0.462 e. The van der Waals surface area contributed by atoms with E-state index in [1.807, 2.05) is 13.0 Å². The first-order valence-electron chi connectivity index (χ1n) is 9.48. The number of aromatic amines is 1. The lowest BCUT2D eigenvalue weighted by Gasteiger charge is -2.38. The number of rotatable bonds is 6. The Bertz CT molecular complexity index is 955. The molecular formula is C20H23N5O2S. The number of thiophene rings is 1. The maximum Gasteiger partial charge on any atom is 0.341 e. The number of aromatic nitrogens is 4. The molecule has 2 aromatic heterocycles. The summed E-state index contributed by atoms with van der Waals surface area (Å²) >= 11 is 1.52. The van der Waals surface area contributed by atoms with E-state index >= 15 is 0 Å². The third-order valence-electron chi connectivity index (χ3n) is 5.55. The normalized spacial score (nSPS) is 18.6. The van der Waals surface area contributed by atoms with E-state index in [0.717, 1.165) is 43.5 Å². The van der Waals surface area contributed by atoms with Crippen LogP contribution < -0.4 is 5.73 Å². The molecule has 146 valence electrons. The van der Waals surface area contributed by atoms with Gasteiger partial charge in [-0.25, -0.2) is 4.79 Å². The van der Waals surface area contributed by atoms with Gasteiger partial charge in [0, 0.05) is 16.7 Å². The van der Waals surface area contributed by atoms with Gasteiger partial charge in [-0.2, -0.15) is 5.21 Å². The number of hydrogen-bond acceptors (Lipinski definition) is 7. The zero-order valence-electron chi connectivity index (χ0n) is 15.8. The number of carbonyl (C=O) groups is 1. The lowest BCUT2D eigenvalue weighted by molar-refractivity contribution is 0.0526. The molecule has 28 heavy (non-hydrogen) atoms. The molecule has 1 atom stereocenters. The molecule has 0 fully saturated rings. The average Bonchev–Trinajstić information content (AvgIpc) is 3.33. The van der Waals surface area contributed by atoms with E-state index in [9.17, 15) is 4.79 Å². The fourth-order valence-electron chi connectivity index (χ4n) is 4.16. The van der Waals surface area contributed by atoms with Crippen LogP contribution in [0, 0.1) is 0 Å². The van der Waals surface area contributed by atoms with Crippen molar-refractivity contribution < 1.29 is 9.53 Å². The molecule has 1 aromatic carbocycles. The Morgan fingerprint density at radius 2 is 2.18 bits per heavy atom. The molecule has 0 saturated heterocycles. The van der Waals surface area contributed by atoms with E-state index in [-0.39, 0.29) is 11.4 Å². The highest BCUT2D eigenvalue weighted by Gasteiger charge is 2.39. The number of anilines is 1. The number of benzene rings is 1. The van der Waals surface area contributed by atoms with Crippen LogP contribution in [0.15, 0.2) is 30.3 Å². The first kappa shape index (κ1) is 18.6. The molecule has 7 nitrogen and oxygen atoms in total. The summed E-state index contributed by atoms with van der Waals surface area (Å²) < 4.78 is 5.23. The Morgan fingerprint density at radius 1 is 1.36 bits per heavy atom. The number of nitrogens with zero attached hydrogens (tertiary/aromatic N) is 3. The number of tetrazole rings is 1. The van der Waals surface area contributed by atoms with E-state index in [2.05, 4.69) is 44.9 Å². The highest BCUT2D eigenvalue weighted by Crippen LogP contribution is 2.46. The van der Waals surface area contributed by atoms with Crippen LogP contribution in [0.3, 0.4) is 0 Å². The molecule has 1 aliphatic rings. The summed E-state index contributed by atoms with van der Waals surface area (Å²) in [7, 11) is 0. The smallest absolute Gasteiger partial charge is 0.341 e. The SMILES string of the molecule is CCOC(=O)c1c(N)sc2c1CCC(CCc1nn[nH]n1)(c1ccccc1)C2. The molecule has 3 aromatic rings. The van der Waals surface area contributed by atoms with Crippen molar-refractivity contribution in [2.45, 2.75) is 44.4 Å². The molecule has 0 aliphatic heterocycles. The summed E-state index contributed by atoms with van der Waals surface area (Å²) in [6.45, 7) is 2.16. The quantitative estimate of drug-likeness (QED) is 0.619. The number of nitrogen functional groups attached to an aromatic ring is 1. The van der Waals surface area contributed by atoms with Gasteiger partial charge in [0.05, 0.1) is 12.2 Å². The number of aryl methyl sites for hydroxylation is 1. The van der Waals surface area contributed by atoms with Crippen molar-refractivity contribution in [2.24, 2.45) is 0 Å². The first-order valence-corrected chi connectivity index (χ1v) is 10.3. The number of H-pyrrole nitrogens is 1. The highest BCUT2D eigenvalue weighted by molar-refractivity contribution is 7.16. The number of fused-ring (bicyclic) bond motifs is 1. The second-order valence-electron chi connectivity index (χ2n) is 7.11. The van der Waals surface area contributed by atoms with Crippen molar-refractivity contribution in [2.75, 3.05) is 12.3 Å². The van der Waals surface area contributed by atoms with Crippen LogP contribution in [0.1, 0.15) is 52.0 Å². The average molecular weight is 398 g/mol. The van der Waals surface area contributed by atoms with Gasteiger partial charge in [0.1, 0.15) is 5.00 Å². The van der Waals surface area contributed by atoms with Crippen LogP contribution in [-0.2, 0) is 29.4 Å². The number of esters is 1. The fraction of sp³-hybridized carbons (Fsp3) is 0.400. The van der Waals surface area contributed by atoms with E-state index in [0.29, 0.717) is 17.2 Å². The molecule has 1 unspecified atom stereocenters. The van der Waals surface area contributed by atoms with Crippen LogP contribution in [0.25, 0.3) is 0 Å². The summed E-state index contributed by atoms with van der Waals surface area (Å²) in [6, 6.07) is 10.6. The van der Waals surface area contributed by atoms with E-state index in [1.165, 1.54) is 21.8 Å². The van der Waals surface area contributed by atoms with Gasteiger partial charge < -0.3 is 10.5 Å². The molecule has 3 N–H and O–H groups in total. The maximum absolute atomic E-state index is 12.4. The Morgan fingerprint density at radius 3 is 2.89 bits per heavy atom. The second-order valence-corrected chi connectivity index (χ2v) is 8.25. The maximum atomic E-state index is 12.4. The topological polar surface area (TPSA) is 107 Å². The lowest BCUT2D eigenvalue weighted by atomic mass is 9.66. The molecule has 4 rings (SSSR count). The van der Waals surface area contributed by atoms with Gasteiger partial charge in [-0.3, -0.25) is 0 Å². The zero-order valence-corrected chi connectivity index (χ0v) is 16.6. The minimum absolute atomic E-state index is 0.0435. The van der Waals surface area contributed by atoms with E-state index in [1.54, 1.807) is 0 Å². The molecule has 0 spiro atoms. The lowest BCUT2D eigenvalue weighted by Crippen LogP contribution is -2.34. The minimum Gasteiger partial charge on any atom is -0.462 e. The molecule has 2 heterocycles. The van der Waals surface area contributed by atoms with Gasteiger partial charge in [-0.05, 0) is 43.7 Å². The molecular weight excluding hydrogens is 374 g/mol. The van der Waals surface area contributed by atoms with Gasteiger partial charge in [0.15, 0.2) is 5.82 Å². The number of hydrogen-bond donors (Lipinski definition) is 2. The van der Waals surface area contributed by atoms with Gasteiger partial charge in [-0.1, -0.05) is 35.5 Å². The highest BCUT2D eigenvalue weighted by atomic mass is 32.1. The molecule has 0 bridgehead atoms. The Balaban J connectivity index is 1.68. The van der Waals surface area contributed by atoms with Crippen LogP contribution in [0.2, 0.25) is 0 Å². The Labute approximate surface area is 167 Å². The standard InChI is InChI=1S/C20H23N5O2S/c1-2-27-19(26)17-14-8-10-20(12-15(14)28-18(17)21,13-6-4-3-5-7-13)11-9-16-22-24-25-23-16/h3-7H,2,8-12,21H2,1H3,(H,22,23,24,25). The fourth-order valence-corrected chi connectivity index (χ4v) is 5.41. The number of nitrogens with one attached hydrogen (secondary N) is 1. The summed E-state index contributed by atoms with van der Waals surface area (Å²) in [5.74, 6) is 0.413. The van der Waals surface area contributed by atoms with Crippen LogP contribution in [0.5, 0.6) is 0 Å². The van der Waals surface area contributed by atoms with Gasteiger partial charge >= 0.3 is 5.97 Å².